The molecule has 0 radical (unpaired) electrons. The smallest absolute Gasteiger partial charge is 0.192 e. The van der Waals surface area contributed by atoms with Gasteiger partial charge in [-0.05, 0) is 37.4 Å². The first-order valence-corrected chi connectivity index (χ1v) is 8.80. The molecule has 2 nitrogen and oxygen atoms in total. The molecule has 15 heavy (non-hydrogen) atoms. The van der Waals surface area contributed by atoms with Crippen LogP contribution in [0.25, 0.3) is 0 Å². The highest BCUT2D eigenvalue weighted by Crippen LogP contribution is 2.40. The lowest BCUT2D eigenvalue weighted by Crippen LogP contribution is -2.43. The number of rotatable bonds is 3. The second kappa shape index (κ2) is 4.38. The van der Waals surface area contributed by atoms with Gasteiger partial charge in [-0.15, -0.1) is 0 Å². The number of aldehydes is 1. The zero-order valence-corrected chi connectivity index (χ0v) is 11.7. The Bertz CT molecular complexity index is 230. The summed E-state index contributed by atoms with van der Waals surface area (Å²) in [5.74, 6) is 0.250. The van der Waals surface area contributed by atoms with Crippen LogP contribution in [0.2, 0.25) is 18.1 Å². The fraction of sp³-hybridized carbons (Fsp3) is 0.917. The first-order chi connectivity index (χ1) is 6.76. The number of carbonyl (C=O) groups excluding carboxylic acids is 1. The van der Waals surface area contributed by atoms with Crippen molar-refractivity contribution in [2.45, 2.75) is 64.3 Å². The van der Waals surface area contributed by atoms with Crippen LogP contribution >= 0.6 is 0 Å². The fourth-order valence-electron chi connectivity index (χ4n) is 1.80. The normalized spacial score (nSPS) is 28.1. The van der Waals surface area contributed by atoms with Crippen molar-refractivity contribution in [2.24, 2.45) is 5.92 Å². The summed E-state index contributed by atoms with van der Waals surface area (Å²) in [6.07, 6.45) is 4.45. The van der Waals surface area contributed by atoms with Crippen LogP contribution in [0.3, 0.4) is 0 Å². The van der Waals surface area contributed by atoms with E-state index in [1.54, 1.807) is 0 Å². The van der Waals surface area contributed by atoms with E-state index < -0.39 is 8.32 Å². The summed E-state index contributed by atoms with van der Waals surface area (Å²) in [6, 6.07) is 0. The molecular weight excluding hydrogens is 204 g/mol. The van der Waals surface area contributed by atoms with E-state index in [1.165, 1.54) is 0 Å². The SMILES string of the molecule is CC(C)(C)[Si](C)(C)O[C@@H]1CC[C@@H](C=O)C1. The maximum atomic E-state index is 10.7. The maximum absolute atomic E-state index is 10.7. The molecule has 0 heterocycles. The van der Waals surface area contributed by atoms with Crippen molar-refractivity contribution in [1.82, 2.24) is 0 Å². The first-order valence-electron chi connectivity index (χ1n) is 5.89. The molecule has 1 aliphatic rings. The van der Waals surface area contributed by atoms with Gasteiger partial charge in [-0.2, -0.15) is 0 Å². The van der Waals surface area contributed by atoms with Crippen LogP contribution in [0.1, 0.15) is 40.0 Å². The van der Waals surface area contributed by atoms with Crippen molar-refractivity contribution in [2.75, 3.05) is 0 Å². The summed E-state index contributed by atoms with van der Waals surface area (Å²) in [5.41, 5.74) is 0. The van der Waals surface area contributed by atoms with Gasteiger partial charge < -0.3 is 9.22 Å². The molecule has 0 aromatic carbocycles. The first kappa shape index (κ1) is 12.9. The average molecular weight is 228 g/mol. The Hall–Kier alpha value is -0.153. The summed E-state index contributed by atoms with van der Waals surface area (Å²) in [5, 5.41) is 0.270. The Morgan fingerprint density at radius 3 is 2.27 bits per heavy atom. The lowest BCUT2D eigenvalue weighted by Gasteiger charge is -2.38. The predicted molar refractivity (Wildman–Crippen MR) is 65.5 cm³/mol. The third-order valence-electron chi connectivity index (χ3n) is 3.89. The van der Waals surface area contributed by atoms with Crippen LogP contribution < -0.4 is 0 Å². The summed E-state index contributed by atoms with van der Waals surface area (Å²) < 4.78 is 6.28. The Kier molecular flexibility index (Phi) is 3.77. The van der Waals surface area contributed by atoms with E-state index in [2.05, 4.69) is 33.9 Å². The molecule has 88 valence electrons. The van der Waals surface area contributed by atoms with E-state index in [9.17, 15) is 4.79 Å². The molecule has 0 saturated heterocycles. The molecule has 3 heteroatoms. The molecule has 0 aliphatic heterocycles. The van der Waals surface area contributed by atoms with Gasteiger partial charge in [0.25, 0.3) is 0 Å². The van der Waals surface area contributed by atoms with Crippen LogP contribution in [0.15, 0.2) is 0 Å². The van der Waals surface area contributed by atoms with E-state index in [4.69, 9.17) is 4.43 Å². The predicted octanol–water partition coefficient (Wildman–Crippen LogP) is 3.38. The molecular formula is C12H24O2Si. The van der Waals surface area contributed by atoms with Gasteiger partial charge in [-0.3, -0.25) is 0 Å². The van der Waals surface area contributed by atoms with E-state index in [-0.39, 0.29) is 11.0 Å². The van der Waals surface area contributed by atoms with Gasteiger partial charge in [0.15, 0.2) is 8.32 Å². The summed E-state index contributed by atoms with van der Waals surface area (Å²) >= 11 is 0. The number of hydrogen-bond donors (Lipinski definition) is 0. The summed E-state index contributed by atoms with van der Waals surface area (Å²) in [6.45, 7) is 11.3. The van der Waals surface area contributed by atoms with Gasteiger partial charge in [0.05, 0.1) is 0 Å². The van der Waals surface area contributed by atoms with E-state index in [1.807, 2.05) is 0 Å². The Morgan fingerprint density at radius 1 is 1.27 bits per heavy atom. The van der Waals surface area contributed by atoms with Gasteiger partial charge in [0.2, 0.25) is 0 Å². The van der Waals surface area contributed by atoms with Crippen LogP contribution in [0, 0.1) is 5.92 Å². The lowest BCUT2D eigenvalue weighted by atomic mass is 10.1. The maximum Gasteiger partial charge on any atom is 0.192 e. The van der Waals surface area contributed by atoms with Crippen molar-refractivity contribution < 1.29 is 9.22 Å². The standard InChI is InChI=1S/C12H24O2Si/c1-12(2,3)15(4,5)14-11-7-6-10(8-11)9-13/h9-11H,6-8H2,1-5H3/t10-,11-/m1/s1. The zero-order chi connectivity index (χ0) is 11.7. The second-order valence-electron chi connectivity index (χ2n) is 6.21. The highest BCUT2D eigenvalue weighted by atomic mass is 28.4. The lowest BCUT2D eigenvalue weighted by molar-refractivity contribution is -0.111. The summed E-state index contributed by atoms with van der Waals surface area (Å²) in [7, 11) is -1.63. The van der Waals surface area contributed by atoms with E-state index >= 15 is 0 Å². The van der Waals surface area contributed by atoms with Gasteiger partial charge in [-0.1, -0.05) is 20.8 Å². The molecule has 0 unspecified atom stereocenters. The van der Waals surface area contributed by atoms with Gasteiger partial charge >= 0.3 is 0 Å². The van der Waals surface area contributed by atoms with E-state index in [0.717, 1.165) is 25.5 Å². The minimum atomic E-state index is -1.63. The van der Waals surface area contributed by atoms with Crippen molar-refractivity contribution in [3.63, 3.8) is 0 Å². The van der Waals surface area contributed by atoms with Gasteiger partial charge in [0.1, 0.15) is 6.29 Å². The van der Waals surface area contributed by atoms with Crippen molar-refractivity contribution in [3.05, 3.63) is 0 Å². The second-order valence-corrected chi connectivity index (χ2v) is 11.0. The van der Waals surface area contributed by atoms with Crippen LogP contribution in [0.4, 0.5) is 0 Å². The number of hydrogen-bond acceptors (Lipinski definition) is 2. The molecule has 0 aromatic heterocycles. The van der Waals surface area contributed by atoms with Crippen LogP contribution in [-0.4, -0.2) is 20.7 Å². The van der Waals surface area contributed by atoms with E-state index in [0.29, 0.717) is 6.10 Å². The van der Waals surface area contributed by atoms with Crippen molar-refractivity contribution in [3.8, 4) is 0 Å². The van der Waals surface area contributed by atoms with Gasteiger partial charge in [-0.25, -0.2) is 0 Å². The molecule has 0 N–H and O–H groups in total. The fourth-order valence-corrected chi connectivity index (χ4v) is 3.20. The van der Waals surface area contributed by atoms with Crippen molar-refractivity contribution in [1.29, 1.82) is 0 Å². The minimum absolute atomic E-state index is 0.250. The quantitative estimate of drug-likeness (QED) is 0.547. The molecule has 1 saturated carbocycles. The van der Waals surface area contributed by atoms with Gasteiger partial charge in [0, 0.05) is 12.0 Å². The Balaban J connectivity index is 2.52. The van der Waals surface area contributed by atoms with Crippen LogP contribution in [0.5, 0.6) is 0 Å². The Labute approximate surface area is 94.5 Å². The molecule has 0 amide bonds. The monoisotopic (exact) mass is 228 g/mol. The number of carbonyl (C=O) groups is 1. The highest BCUT2D eigenvalue weighted by molar-refractivity contribution is 6.74. The minimum Gasteiger partial charge on any atom is -0.414 e. The zero-order valence-electron chi connectivity index (χ0n) is 10.7. The molecule has 1 rings (SSSR count). The average Bonchev–Trinajstić information content (AvgIpc) is 2.49. The topological polar surface area (TPSA) is 26.3 Å². The molecule has 2 atom stereocenters. The molecule has 0 spiro atoms. The molecule has 1 aliphatic carbocycles. The molecule has 0 aromatic rings. The third-order valence-corrected chi connectivity index (χ3v) is 8.42. The molecule has 0 bridgehead atoms. The summed E-state index contributed by atoms with van der Waals surface area (Å²) in [4.78, 5) is 10.7. The third kappa shape index (κ3) is 3.15. The highest BCUT2D eigenvalue weighted by Gasteiger charge is 2.40. The largest absolute Gasteiger partial charge is 0.414 e. The van der Waals surface area contributed by atoms with Crippen LogP contribution in [-0.2, 0) is 9.22 Å². The Morgan fingerprint density at radius 2 is 1.87 bits per heavy atom. The molecule has 1 fully saturated rings. The van der Waals surface area contributed by atoms with Crippen molar-refractivity contribution >= 4 is 14.6 Å².